The summed E-state index contributed by atoms with van der Waals surface area (Å²) in [6.07, 6.45) is 2.19. The van der Waals surface area contributed by atoms with Gasteiger partial charge in [-0.25, -0.2) is 4.98 Å². The van der Waals surface area contributed by atoms with E-state index in [1.54, 1.807) is 0 Å². The summed E-state index contributed by atoms with van der Waals surface area (Å²) in [5, 5.41) is 0. The monoisotopic (exact) mass is 399 g/mol. The van der Waals surface area contributed by atoms with Crippen LogP contribution in [0.25, 0.3) is 11.0 Å². The quantitative estimate of drug-likeness (QED) is 0.700. The highest BCUT2D eigenvalue weighted by Crippen LogP contribution is 2.31. The fourth-order valence-corrected chi connectivity index (χ4v) is 3.80. The van der Waals surface area contributed by atoms with E-state index in [-0.39, 0.29) is 12.2 Å². The topological polar surface area (TPSA) is 41.1 Å². The zero-order chi connectivity index (χ0) is 17.2. The number of ether oxygens (including phenoxy) is 1. The van der Waals surface area contributed by atoms with Gasteiger partial charge in [-0.15, -0.1) is 0 Å². The largest absolute Gasteiger partial charge is 0.362 e. The number of aromatic nitrogens is 2. The lowest BCUT2D eigenvalue weighted by Gasteiger charge is -2.31. The van der Waals surface area contributed by atoms with Crippen LogP contribution in [-0.4, -0.2) is 41.1 Å². The molecule has 1 unspecified atom stereocenters. The van der Waals surface area contributed by atoms with Crippen molar-refractivity contribution in [1.29, 1.82) is 0 Å². The maximum absolute atomic E-state index is 6.56. The van der Waals surface area contributed by atoms with Gasteiger partial charge >= 0.3 is 0 Å². The minimum Gasteiger partial charge on any atom is -0.362 e. The lowest BCUT2D eigenvalue weighted by molar-refractivity contribution is -0.0264. The summed E-state index contributed by atoms with van der Waals surface area (Å²) in [5.41, 5.74) is 3.14. The molecule has 4 rings (SSSR count). The average molecular weight is 400 g/mol. The molecule has 0 aliphatic carbocycles. The first-order valence-electron chi connectivity index (χ1n) is 8.73. The lowest BCUT2D eigenvalue weighted by atomic mass is 10.1. The standard InChI is InChI=1S/C20H22BrN3O/c1-24-11-9-16(10-12-24)25-19(14-5-4-6-15(21)13-14)20-22-17-7-2-3-8-18(17)23-20/h2-8,13,16,19H,9-12H2,1H3,(H,22,23). The molecule has 0 amide bonds. The molecule has 0 radical (unpaired) electrons. The van der Waals surface area contributed by atoms with Crippen LogP contribution in [0.4, 0.5) is 0 Å². The highest BCUT2D eigenvalue weighted by Gasteiger charge is 2.25. The molecule has 0 saturated carbocycles. The minimum absolute atomic E-state index is 0.182. The van der Waals surface area contributed by atoms with E-state index in [0.717, 1.165) is 52.8 Å². The Bertz CT molecular complexity index is 822. The third-order valence-electron chi connectivity index (χ3n) is 4.80. The van der Waals surface area contributed by atoms with Crippen molar-refractivity contribution in [3.05, 3.63) is 64.4 Å². The summed E-state index contributed by atoms with van der Waals surface area (Å²) < 4.78 is 7.61. The first kappa shape index (κ1) is 16.8. The normalized spacial score (nSPS) is 17.8. The number of benzene rings is 2. The Morgan fingerprint density at radius 2 is 1.96 bits per heavy atom. The number of hydrogen-bond acceptors (Lipinski definition) is 3. The first-order valence-corrected chi connectivity index (χ1v) is 9.52. The molecule has 5 heteroatoms. The number of piperidine rings is 1. The van der Waals surface area contributed by atoms with Crippen LogP contribution in [0.2, 0.25) is 0 Å². The van der Waals surface area contributed by atoms with Crippen molar-refractivity contribution in [2.45, 2.75) is 25.0 Å². The SMILES string of the molecule is CN1CCC(OC(c2cccc(Br)c2)c2nc3ccccc3[nH]2)CC1. The third-order valence-corrected chi connectivity index (χ3v) is 5.29. The van der Waals surface area contributed by atoms with Crippen LogP contribution in [0.1, 0.15) is 30.3 Å². The number of rotatable bonds is 4. The Hall–Kier alpha value is -1.69. The van der Waals surface area contributed by atoms with E-state index >= 15 is 0 Å². The molecule has 0 bridgehead atoms. The molecule has 1 aliphatic rings. The van der Waals surface area contributed by atoms with Gasteiger partial charge < -0.3 is 14.6 Å². The predicted molar refractivity (Wildman–Crippen MR) is 104 cm³/mol. The summed E-state index contributed by atoms with van der Waals surface area (Å²) in [4.78, 5) is 10.6. The van der Waals surface area contributed by atoms with Gasteiger partial charge in [-0.1, -0.05) is 40.2 Å². The number of imidazole rings is 1. The zero-order valence-electron chi connectivity index (χ0n) is 14.3. The van der Waals surface area contributed by atoms with E-state index in [0.29, 0.717) is 0 Å². The molecule has 2 aromatic carbocycles. The van der Waals surface area contributed by atoms with Gasteiger partial charge in [-0.05, 0) is 49.7 Å². The van der Waals surface area contributed by atoms with E-state index in [1.807, 2.05) is 30.3 Å². The van der Waals surface area contributed by atoms with Gasteiger partial charge in [0.1, 0.15) is 11.9 Å². The molecule has 1 N–H and O–H groups in total. The smallest absolute Gasteiger partial charge is 0.141 e. The molecule has 1 atom stereocenters. The van der Waals surface area contributed by atoms with Crippen LogP contribution < -0.4 is 0 Å². The zero-order valence-corrected chi connectivity index (χ0v) is 15.9. The number of para-hydroxylation sites is 2. The number of fused-ring (bicyclic) bond motifs is 1. The molecule has 4 nitrogen and oxygen atoms in total. The maximum Gasteiger partial charge on any atom is 0.141 e. The Balaban J connectivity index is 1.67. The fraction of sp³-hybridized carbons (Fsp3) is 0.350. The lowest BCUT2D eigenvalue weighted by Crippen LogP contribution is -2.35. The second-order valence-corrected chi connectivity index (χ2v) is 7.63. The van der Waals surface area contributed by atoms with Gasteiger partial charge in [-0.2, -0.15) is 0 Å². The Kier molecular flexibility index (Phi) is 4.88. The highest BCUT2D eigenvalue weighted by atomic mass is 79.9. The molecule has 0 spiro atoms. The highest BCUT2D eigenvalue weighted by molar-refractivity contribution is 9.10. The van der Waals surface area contributed by atoms with Gasteiger partial charge in [0.05, 0.1) is 17.1 Å². The molecule has 130 valence electrons. The Labute approximate surface area is 156 Å². The molecule has 1 saturated heterocycles. The maximum atomic E-state index is 6.56. The summed E-state index contributed by atoms with van der Waals surface area (Å²) >= 11 is 3.58. The van der Waals surface area contributed by atoms with Crippen molar-refractivity contribution in [2.75, 3.05) is 20.1 Å². The van der Waals surface area contributed by atoms with Crippen molar-refractivity contribution < 1.29 is 4.74 Å². The van der Waals surface area contributed by atoms with Crippen molar-refractivity contribution in [3.63, 3.8) is 0 Å². The first-order chi connectivity index (χ1) is 12.2. The number of hydrogen-bond donors (Lipinski definition) is 1. The van der Waals surface area contributed by atoms with Crippen molar-refractivity contribution in [3.8, 4) is 0 Å². The van der Waals surface area contributed by atoms with Gasteiger partial charge in [0, 0.05) is 17.6 Å². The van der Waals surface area contributed by atoms with Crippen LogP contribution in [0.15, 0.2) is 53.0 Å². The van der Waals surface area contributed by atoms with Gasteiger partial charge in [0.15, 0.2) is 0 Å². The molecule has 3 aromatic rings. The van der Waals surface area contributed by atoms with Crippen molar-refractivity contribution in [1.82, 2.24) is 14.9 Å². The molecule has 2 heterocycles. The van der Waals surface area contributed by atoms with Crippen molar-refractivity contribution >= 4 is 27.0 Å². The number of halogens is 1. The molecular formula is C20H22BrN3O. The second-order valence-electron chi connectivity index (χ2n) is 6.71. The van der Waals surface area contributed by atoms with Gasteiger partial charge in [0.25, 0.3) is 0 Å². The molecule has 1 fully saturated rings. The van der Waals surface area contributed by atoms with E-state index in [4.69, 9.17) is 9.72 Å². The van der Waals surface area contributed by atoms with Crippen molar-refractivity contribution in [2.24, 2.45) is 0 Å². The van der Waals surface area contributed by atoms with Crippen LogP contribution >= 0.6 is 15.9 Å². The number of H-pyrrole nitrogens is 1. The molecular weight excluding hydrogens is 378 g/mol. The number of nitrogens with zero attached hydrogens (tertiary/aromatic N) is 2. The minimum atomic E-state index is -0.182. The summed E-state index contributed by atoms with van der Waals surface area (Å²) in [5.74, 6) is 0.873. The Morgan fingerprint density at radius 1 is 1.16 bits per heavy atom. The second kappa shape index (κ2) is 7.28. The summed E-state index contributed by atoms with van der Waals surface area (Å²) in [6.45, 7) is 2.16. The molecule has 1 aromatic heterocycles. The van der Waals surface area contributed by atoms with Gasteiger partial charge in [-0.3, -0.25) is 0 Å². The van der Waals surface area contributed by atoms with Crippen LogP contribution in [0, 0.1) is 0 Å². The van der Waals surface area contributed by atoms with E-state index in [9.17, 15) is 0 Å². The summed E-state index contributed by atoms with van der Waals surface area (Å²) in [7, 11) is 2.17. The van der Waals surface area contributed by atoms with E-state index in [1.165, 1.54) is 0 Å². The number of nitrogens with one attached hydrogen (secondary N) is 1. The Morgan fingerprint density at radius 3 is 2.72 bits per heavy atom. The summed E-state index contributed by atoms with van der Waals surface area (Å²) in [6, 6.07) is 16.4. The predicted octanol–water partition coefficient (Wildman–Crippen LogP) is 4.53. The third kappa shape index (κ3) is 3.78. The number of likely N-dealkylation sites (tertiary alicyclic amines) is 1. The van der Waals surface area contributed by atoms with Crippen LogP contribution in [-0.2, 0) is 4.74 Å². The van der Waals surface area contributed by atoms with Crippen LogP contribution in [0.5, 0.6) is 0 Å². The molecule has 25 heavy (non-hydrogen) atoms. The van der Waals surface area contributed by atoms with E-state index < -0.39 is 0 Å². The molecule has 1 aliphatic heterocycles. The fourth-order valence-electron chi connectivity index (χ4n) is 3.38. The van der Waals surface area contributed by atoms with Gasteiger partial charge in [0.2, 0.25) is 0 Å². The van der Waals surface area contributed by atoms with Crippen LogP contribution in [0.3, 0.4) is 0 Å². The average Bonchev–Trinajstić information content (AvgIpc) is 3.05. The number of aromatic amines is 1. The van der Waals surface area contributed by atoms with E-state index in [2.05, 4.69) is 51.1 Å².